The van der Waals surface area contributed by atoms with Crippen molar-refractivity contribution < 1.29 is 9.53 Å². The van der Waals surface area contributed by atoms with Crippen LogP contribution in [0.5, 0.6) is 0 Å². The number of nitrogens with one attached hydrogen (secondary N) is 2. The van der Waals surface area contributed by atoms with Crippen LogP contribution in [0, 0.1) is 0 Å². The normalized spacial score (nSPS) is 17.1. The van der Waals surface area contributed by atoms with Gasteiger partial charge in [0.05, 0.1) is 17.1 Å². The number of aromatic nitrogens is 2. The van der Waals surface area contributed by atoms with Crippen LogP contribution in [0.25, 0.3) is 22.4 Å². The molecule has 6 heteroatoms. The summed E-state index contributed by atoms with van der Waals surface area (Å²) in [6.07, 6.45) is 2.22. The van der Waals surface area contributed by atoms with Crippen LogP contribution in [0.3, 0.4) is 0 Å². The molecule has 2 heterocycles. The predicted octanol–water partition coefficient (Wildman–Crippen LogP) is 3.79. The van der Waals surface area contributed by atoms with E-state index in [0.717, 1.165) is 41.9 Å². The fourth-order valence-electron chi connectivity index (χ4n) is 3.01. The number of hydrogen-bond donors (Lipinski definition) is 2. The van der Waals surface area contributed by atoms with Gasteiger partial charge in [0, 0.05) is 29.3 Å². The maximum atomic E-state index is 12.2. The molecule has 2 N–H and O–H groups in total. The van der Waals surface area contributed by atoms with Gasteiger partial charge in [-0.2, -0.15) is 0 Å². The van der Waals surface area contributed by atoms with E-state index in [9.17, 15) is 4.79 Å². The number of hydrogen-bond acceptors (Lipinski definition) is 3. The molecule has 4 rings (SSSR count). The van der Waals surface area contributed by atoms with E-state index in [1.165, 1.54) is 0 Å². The maximum absolute atomic E-state index is 12.2. The van der Waals surface area contributed by atoms with Gasteiger partial charge in [0.15, 0.2) is 0 Å². The summed E-state index contributed by atoms with van der Waals surface area (Å²) >= 11 is 6.01. The standard InChI is InChI=1S/C19H18ClN3O2/c20-14-7-8-16-17(10-14)23-18(22-16)12-3-5-13(6-4-12)19(24)21-11-15-2-1-9-25-15/h3-8,10,15H,1-2,9,11H2,(H,21,24)(H,22,23)/t15-/m1/s1. The number of amides is 1. The Morgan fingerprint density at radius 1 is 1.28 bits per heavy atom. The first kappa shape index (κ1) is 16.1. The molecule has 0 aliphatic carbocycles. The van der Waals surface area contributed by atoms with Crippen molar-refractivity contribution >= 4 is 28.5 Å². The van der Waals surface area contributed by atoms with E-state index < -0.39 is 0 Å². The molecule has 1 atom stereocenters. The first-order chi connectivity index (χ1) is 12.2. The lowest BCUT2D eigenvalue weighted by molar-refractivity contribution is 0.0858. The fourth-order valence-corrected chi connectivity index (χ4v) is 3.18. The zero-order valence-corrected chi connectivity index (χ0v) is 14.3. The summed E-state index contributed by atoms with van der Waals surface area (Å²) < 4.78 is 5.52. The van der Waals surface area contributed by atoms with Gasteiger partial charge in [0.2, 0.25) is 0 Å². The minimum Gasteiger partial charge on any atom is -0.376 e. The number of imidazole rings is 1. The van der Waals surface area contributed by atoms with Crippen molar-refractivity contribution in [3.63, 3.8) is 0 Å². The minimum atomic E-state index is -0.0848. The summed E-state index contributed by atoms with van der Waals surface area (Å²) in [5, 5.41) is 3.59. The van der Waals surface area contributed by atoms with E-state index in [-0.39, 0.29) is 12.0 Å². The third kappa shape index (κ3) is 3.52. The van der Waals surface area contributed by atoms with Crippen molar-refractivity contribution in [2.75, 3.05) is 13.2 Å². The molecule has 1 amide bonds. The van der Waals surface area contributed by atoms with Crippen molar-refractivity contribution in [3.8, 4) is 11.4 Å². The molecule has 2 aromatic carbocycles. The second-order valence-corrected chi connectivity index (χ2v) is 6.61. The Hall–Kier alpha value is -2.37. The third-order valence-corrected chi connectivity index (χ3v) is 4.61. The van der Waals surface area contributed by atoms with Crippen molar-refractivity contribution in [2.45, 2.75) is 18.9 Å². The zero-order valence-electron chi connectivity index (χ0n) is 13.6. The second-order valence-electron chi connectivity index (χ2n) is 6.17. The number of fused-ring (bicyclic) bond motifs is 1. The smallest absolute Gasteiger partial charge is 0.251 e. The summed E-state index contributed by atoms with van der Waals surface area (Å²) in [5.74, 6) is 0.669. The van der Waals surface area contributed by atoms with Crippen molar-refractivity contribution in [3.05, 3.63) is 53.1 Å². The van der Waals surface area contributed by atoms with Crippen LogP contribution < -0.4 is 5.32 Å². The molecular weight excluding hydrogens is 338 g/mol. The number of carbonyl (C=O) groups is 1. The monoisotopic (exact) mass is 355 g/mol. The SMILES string of the molecule is O=C(NC[C@H]1CCCO1)c1ccc(-c2nc3ccc(Cl)cc3[nH]2)cc1. The number of aromatic amines is 1. The minimum absolute atomic E-state index is 0.0848. The van der Waals surface area contributed by atoms with Gasteiger partial charge in [0.1, 0.15) is 5.82 Å². The lowest BCUT2D eigenvalue weighted by atomic mass is 10.1. The Bertz CT molecular complexity index is 899. The lowest BCUT2D eigenvalue weighted by Crippen LogP contribution is -2.31. The van der Waals surface area contributed by atoms with E-state index in [1.54, 1.807) is 12.1 Å². The number of halogens is 1. The molecule has 3 aromatic rings. The summed E-state index contributed by atoms with van der Waals surface area (Å²) in [7, 11) is 0. The summed E-state index contributed by atoms with van der Waals surface area (Å²) in [6.45, 7) is 1.35. The van der Waals surface area contributed by atoms with E-state index >= 15 is 0 Å². The Morgan fingerprint density at radius 3 is 2.88 bits per heavy atom. The number of H-pyrrole nitrogens is 1. The fraction of sp³-hybridized carbons (Fsp3) is 0.263. The first-order valence-electron chi connectivity index (χ1n) is 8.34. The molecule has 0 unspecified atom stereocenters. The number of rotatable bonds is 4. The molecule has 0 bridgehead atoms. The van der Waals surface area contributed by atoms with Crippen molar-refractivity contribution in [1.82, 2.24) is 15.3 Å². The average molecular weight is 356 g/mol. The molecule has 1 fully saturated rings. The van der Waals surface area contributed by atoms with Gasteiger partial charge in [0.25, 0.3) is 5.91 Å². The van der Waals surface area contributed by atoms with Crippen LogP contribution in [0.15, 0.2) is 42.5 Å². The van der Waals surface area contributed by atoms with Crippen LogP contribution in [0.4, 0.5) is 0 Å². The quantitative estimate of drug-likeness (QED) is 0.748. The zero-order chi connectivity index (χ0) is 17.2. The van der Waals surface area contributed by atoms with Crippen LogP contribution >= 0.6 is 11.6 Å². The maximum Gasteiger partial charge on any atom is 0.251 e. The second kappa shape index (κ2) is 6.86. The Balaban J connectivity index is 1.47. The highest BCUT2D eigenvalue weighted by Gasteiger charge is 2.16. The molecule has 128 valence electrons. The molecule has 1 aliphatic heterocycles. The summed E-state index contributed by atoms with van der Waals surface area (Å²) in [4.78, 5) is 20.0. The highest BCUT2D eigenvalue weighted by Crippen LogP contribution is 2.23. The Labute approximate surface area is 150 Å². The topological polar surface area (TPSA) is 67.0 Å². The Morgan fingerprint density at radius 2 is 2.12 bits per heavy atom. The summed E-state index contributed by atoms with van der Waals surface area (Å²) in [6, 6.07) is 12.9. The molecule has 25 heavy (non-hydrogen) atoms. The highest BCUT2D eigenvalue weighted by atomic mass is 35.5. The average Bonchev–Trinajstić information content (AvgIpc) is 3.29. The van der Waals surface area contributed by atoms with E-state index in [1.807, 2.05) is 30.3 Å². The van der Waals surface area contributed by atoms with Gasteiger partial charge in [-0.15, -0.1) is 0 Å². The van der Waals surface area contributed by atoms with Gasteiger partial charge < -0.3 is 15.0 Å². The van der Waals surface area contributed by atoms with E-state index in [4.69, 9.17) is 16.3 Å². The van der Waals surface area contributed by atoms with E-state index in [0.29, 0.717) is 17.1 Å². The molecule has 5 nitrogen and oxygen atoms in total. The molecule has 0 saturated carbocycles. The molecule has 0 spiro atoms. The van der Waals surface area contributed by atoms with Gasteiger partial charge >= 0.3 is 0 Å². The number of ether oxygens (including phenoxy) is 1. The molecule has 1 aliphatic rings. The largest absolute Gasteiger partial charge is 0.376 e. The highest BCUT2D eigenvalue weighted by molar-refractivity contribution is 6.31. The van der Waals surface area contributed by atoms with Gasteiger partial charge in [-0.1, -0.05) is 23.7 Å². The molecule has 0 radical (unpaired) electrons. The number of benzene rings is 2. The van der Waals surface area contributed by atoms with Crippen LogP contribution in [-0.2, 0) is 4.74 Å². The number of nitrogens with zero attached hydrogens (tertiary/aromatic N) is 1. The van der Waals surface area contributed by atoms with Crippen LogP contribution in [0.2, 0.25) is 5.02 Å². The van der Waals surface area contributed by atoms with Gasteiger partial charge in [-0.05, 0) is 43.2 Å². The van der Waals surface area contributed by atoms with Gasteiger partial charge in [-0.3, -0.25) is 4.79 Å². The molecular formula is C19H18ClN3O2. The molecule has 1 aromatic heterocycles. The van der Waals surface area contributed by atoms with Crippen molar-refractivity contribution in [2.24, 2.45) is 0 Å². The summed E-state index contributed by atoms with van der Waals surface area (Å²) in [5.41, 5.74) is 3.29. The van der Waals surface area contributed by atoms with Gasteiger partial charge in [-0.25, -0.2) is 4.98 Å². The van der Waals surface area contributed by atoms with Crippen LogP contribution in [0.1, 0.15) is 23.2 Å². The third-order valence-electron chi connectivity index (χ3n) is 4.38. The Kier molecular flexibility index (Phi) is 4.42. The lowest BCUT2D eigenvalue weighted by Gasteiger charge is -2.10. The van der Waals surface area contributed by atoms with E-state index in [2.05, 4.69) is 15.3 Å². The first-order valence-corrected chi connectivity index (χ1v) is 8.72. The van der Waals surface area contributed by atoms with Crippen LogP contribution in [-0.4, -0.2) is 35.1 Å². The van der Waals surface area contributed by atoms with Crippen molar-refractivity contribution in [1.29, 1.82) is 0 Å². The molecule has 1 saturated heterocycles. The number of carbonyl (C=O) groups excluding carboxylic acids is 1. The predicted molar refractivity (Wildman–Crippen MR) is 97.8 cm³/mol.